The molecule has 1 aromatic heterocycles. The van der Waals surface area contributed by atoms with Crippen molar-refractivity contribution in [2.24, 2.45) is 5.73 Å². The lowest BCUT2D eigenvalue weighted by Gasteiger charge is -2.17. The number of fused-ring (bicyclic) bond motifs is 3. The van der Waals surface area contributed by atoms with Crippen LogP contribution in [0.5, 0.6) is 5.75 Å². The molecule has 29 heavy (non-hydrogen) atoms. The number of alkyl halides is 2. The zero-order valence-electron chi connectivity index (χ0n) is 15.5. The average molecular weight is 407 g/mol. The average Bonchev–Trinajstić information content (AvgIpc) is 3.21. The normalized spacial score (nSPS) is 19.1. The quantitative estimate of drug-likeness (QED) is 0.782. The summed E-state index contributed by atoms with van der Waals surface area (Å²) in [5.74, 6) is 0.601. The SMILES string of the molecule is C[C@H](Nc1ccc2c(c1)OCCn1cc(N3C(=O)OCC3C(F)F)nc1-2)C(N)=O. The van der Waals surface area contributed by atoms with E-state index in [1.165, 1.54) is 6.20 Å². The Labute approximate surface area is 164 Å². The Balaban J connectivity index is 1.68. The van der Waals surface area contributed by atoms with Crippen molar-refractivity contribution in [3.05, 3.63) is 24.4 Å². The molecule has 9 nitrogen and oxygen atoms in total. The molecule has 0 bridgehead atoms. The molecule has 2 aromatic rings. The molecule has 1 fully saturated rings. The first-order valence-corrected chi connectivity index (χ1v) is 8.99. The molecule has 1 aromatic carbocycles. The number of imidazole rings is 1. The third-order valence-corrected chi connectivity index (χ3v) is 4.83. The van der Waals surface area contributed by atoms with Crippen LogP contribution in [0.4, 0.5) is 25.1 Å². The third kappa shape index (κ3) is 3.43. The van der Waals surface area contributed by atoms with Gasteiger partial charge in [0.2, 0.25) is 5.91 Å². The van der Waals surface area contributed by atoms with Crippen LogP contribution in [0.3, 0.4) is 0 Å². The molecule has 2 amide bonds. The Bertz CT molecular complexity index is 964. The van der Waals surface area contributed by atoms with Crippen molar-refractivity contribution < 1.29 is 27.8 Å². The summed E-state index contributed by atoms with van der Waals surface area (Å²) in [7, 11) is 0. The van der Waals surface area contributed by atoms with Gasteiger partial charge in [-0.25, -0.2) is 23.5 Å². The van der Waals surface area contributed by atoms with Crippen molar-refractivity contribution in [2.75, 3.05) is 23.4 Å². The van der Waals surface area contributed by atoms with E-state index in [0.29, 0.717) is 36.0 Å². The maximum atomic E-state index is 13.3. The Kier molecular flexibility index (Phi) is 4.73. The van der Waals surface area contributed by atoms with Crippen LogP contribution in [-0.2, 0) is 16.1 Å². The minimum Gasteiger partial charge on any atom is -0.491 e. The van der Waals surface area contributed by atoms with Gasteiger partial charge in [-0.15, -0.1) is 0 Å². The van der Waals surface area contributed by atoms with Crippen molar-refractivity contribution in [1.29, 1.82) is 0 Å². The number of hydrogen-bond acceptors (Lipinski definition) is 6. The molecule has 2 aliphatic rings. The number of ether oxygens (including phenoxy) is 2. The summed E-state index contributed by atoms with van der Waals surface area (Å²) in [4.78, 5) is 28.5. The highest BCUT2D eigenvalue weighted by Gasteiger charge is 2.42. The second-order valence-corrected chi connectivity index (χ2v) is 6.79. The number of nitrogens with zero attached hydrogens (tertiary/aromatic N) is 3. The second-order valence-electron chi connectivity index (χ2n) is 6.79. The second kappa shape index (κ2) is 7.22. The van der Waals surface area contributed by atoms with Gasteiger partial charge in [-0.2, -0.15) is 0 Å². The number of halogens is 2. The van der Waals surface area contributed by atoms with Crippen molar-refractivity contribution in [2.45, 2.75) is 32.0 Å². The molecular formula is C18H19F2N5O4. The largest absolute Gasteiger partial charge is 0.491 e. The fourth-order valence-electron chi connectivity index (χ4n) is 3.28. The molecule has 0 aliphatic carbocycles. The highest BCUT2D eigenvalue weighted by Crippen LogP contribution is 2.36. The molecule has 154 valence electrons. The molecule has 1 unspecified atom stereocenters. The Hall–Kier alpha value is -3.37. The van der Waals surface area contributed by atoms with Crippen LogP contribution < -0.4 is 20.7 Å². The van der Waals surface area contributed by atoms with Crippen LogP contribution in [0.15, 0.2) is 24.4 Å². The van der Waals surface area contributed by atoms with Crippen LogP contribution in [-0.4, -0.2) is 53.3 Å². The van der Waals surface area contributed by atoms with Gasteiger partial charge in [0.1, 0.15) is 36.9 Å². The number of carbonyl (C=O) groups excluding carboxylic acids is 2. The first-order valence-electron chi connectivity index (χ1n) is 8.99. The Morgan fingerprint density at radius 1 is 1.38 bits per heavy atom. The smallest absolute Gasteiger partial charge is 0.416 e. The van der Waals surface area contributed by atoms with E-state index >= 15 is 0 Å². The van der Waals surface area contributed by atoms with Gasteiger partial charge in [-0.3, -0.25) is 4.79 Å². The van der Waals surface area contributed by atoms with Gasteiger partial charge >= 0.3 is 6.09 Å². The predicted octanol–water partition coefficient (Wildman–Crippen LogP) is 1.82. The summed E-state index contributed by atoms with van der Waals surface area (Å²) >= 11 is 0. The van der Waals surface area contributed by atoms with E-state index in [-0.39, 0.29) is 12.4 Å². The highest BCUT2D eigenvalue weighted by atomic mass is 19.3. The zero-order chi connectivity index (χ0) is 20.7. The molecular weight excluding hydrogens is 388 g/mol. The fourth-order valence-corrected chi connectivity index (χ4v) is 3.28. The number of carbonyl (C=O) groups is 2. The molecule has 2 aliphatic heterocycles. The number of rotatable bonds is 5. The van der Waals surface area contributed by atoms with Crippen molar-refractivity contribution in [1.82, 2.24) is 9.55 Å². The van der Waals surface area contributed by atoms with Crippen molar-refractivity contribution >= 4 is 23.5 Å². The number of cyclic esters (lactones) is 1. The molecule has 4 rings (SSSR count). The van der Waals surface area contributed by atoms with E-state index in [1.54, 1.807) is 29.7 Å². The first-order chi connectivity index (χ1) is 13.8. The van der Waals surface area contributed by atoms with Gasteiger partial charge in [-0.1, -0.05) is 0 Å². The minimum absolute atomic E-state index is 0.102. The van der Waals surface area contributed by atoms with E-state index in [9.17, 15) is 18.4 Å². The van der Waals surface area contributed by atoms with Crippen molar-refractivity contribution in [3.8, 4) is 17.1 Å². The number of anilines is 2. The summed E-state index contributed by atoms with van der Waals surface area (Å²) in [6, 6.07) is 3.24. The maximum Gasteiger partial charge on any atom is 0.416 e. The molecule has 0 radical (unpaired) electrons. The van der Waals surface area contributed by atoms with E-state index in [2.05, 4.69) is 10.3 Å². The number of hydrogen-bond donors (Lipinski definition) is 2. The van der Waals surface area contributed by atoms with Crippen LogP contribution in [0.2, 0.25) is 0 Å². The van der Waals surface area contributed by atoms with Crippen LogP contribution in [0.1, 0.15) is 6.92 Å². The summed E-state index contributed by atoms with van der Waals surface area (Å²) < 4.78 is 38.8. The van der Waals surface area contributed by atoms with Gasteiger partial charge in [0.15, 0.2) is 5.82 Å². The van der Waals surface area contributed by atoms with Gasteiger partial charge in [0.05, 0.1) is 12.1 Å². The molecule has 0 spiro atoms. The van der Waals surface area contributed by atoms with Gasteiger partial charge in [0.25, 0.3) is 6.43 Å². The van der Waals surface area contributed by atoms with E-state index in [1.807, 2.05) is 0 Å². The lowest BCUT2D eigenvalue weighted by Crippen LogP contribution is -2.38. The van der Waals surface area contributed by atoms with Crippen LogP contribution >= 0.6 is 0 Å². The molecule has 3 heterocycles. The lowest BCUT2D eigenvalue weighted by molar-refractivity contribution is -0.118. The predicted molar refractivity (Wildman–Crippen MR) is 99.1 cm³/mol. The Morgan fingerprint density at radius 2 is 2.17 bits per heavy atom. The van der Waals surface area contributed by atoms with E-state index in [4.69, 9.17) is 15.2 Å². The standard InChI is InChI=1S/C18H19F2N5O4/c1-9(16(21)26)22-10-2-3-11-13(6-10)28-5-4-24-7-14(23-17(11)24)25-12(15(19)20)8-29-18(25)27/h2-3,6-7,9,12,15,22H,4-5,8H2,1H3,(H2,21,26)/t9-,12?/m0/s1. The maximum absolute atomic E-state index is 13.3. The zero-order valence-corrected chi connectivity index (χ0v) is 15.5. The Morgan fingerprint density at radius 3 is 2.90 bits per heavy atom. The topological polar surface area (TPSA) is 112 Å². The third-order valence-electron chi connectivity index (χ3n) is 4.83. The molecule has 1 saturated heterocycles. The summed E-state index contributed by atoms with van der Waals surface area (Å²) in [6.45, 7) is 1.99. The monoisotopic (exact) mass is 407 g/mol. The number of nitrogens with two attached hydrogens (primary N) is 1. The fraction of sp³-hybridized carbons (Fsp3) is 0.389. The number of aromatic nitrogens is 2. The van der Waals surface area contributed by atoms with Crippen molar-refractivity contribution in [3.63, 3.8) is 0 Å². The number of primary amides is 1. The highest BCUT2D eigenvalue weighted by molar-refractivity contribution is 5.90. The van der Waals surface area contributed by atoms with Crippen LogP contribution in [0.25, 0.3) is 11.4 Å². The molecule has 2 atom stereocenters. The summed E-state index contributed by atoms with van der Waals surface area (Å²) in [5.41, 5.74) is 6.54. The molecule has 11 heteroatoms. The number of amides is 2. The first kappa shape index (κ1) is 19.0. The van der Waals surface area contributed by atoms with E-state index < -0.39 is 30.5 Å². The minimum atomic E-state index is -2.75. The van der Waals surface area contributed by atoms with Gasteiger partial charge < -0.3 is 25.1 Å². The molecule has 0 saturated carbocycles. The van der Waals surface area contributed by atoms with Gasteiger partial charge in [0, 0.05) is 18.0 Å². The number of benzene rings is 1. The van der Waals surface area contributed by atoms with Crippen LogP contribution in [0, 0.1) is 0 Å². The van der Waals surface area contributed by atoms with Gasteiger partial charge in [-0.05, 0) is 19.1 Å². The summed E-state index contributed by atoms with van der Waals surface area (Å²) in [5, 5.41) is 2.98. The lowest BCUT2D eigenvalue weighted by atomic mass is 10.1. The number of nitrogens with one attached hydrogen (secondary N) is 1. The molecule has 3 N–H and O–H groups in total. The summed E-state index contributed by atoms with van der Waals surface area (Å²) in [6.07, 6.45) is -2.06. The van der Waals surface area contributed by atoms with E-state index in [0.717, 1.165) is 4.90 Å².